The Balaban J connectivity index is 1.09. The molecule has 1 saturated carbocycles. The quantitative estimate of drug-likeness (QED) is 0.136. The Kier molecular flexibility index (Phi) is 9.02. The van der Waals surface area contributed by atoms with E-state index in [0.717, 1.165) is 88.0 Å². The third-order valence-electron chi connectivity index (χ3n) is 11.0. The first-order valence-electron chi connectivity index (χ1n) is 18.1. The van der Waals surface area contributed by atoms with Crippen molar-refractivity contribution in [3.05, 3.63) is 95.3 Å². The molecule has 11 heteroatoms. The van der Waals surface area contributed by atoms with Crippen molar-refractivity contribution in [1.82, 2.24) is 19.9 Å². The summed E-state index contributed by atoms with van der Waals surface area (Å²) in [6.45, 7) is 6.45. The van der Waals surface area contributed by atoms with Crippen LogP contribution in [0.5, 0.6) is 0 Å². The van der Waals surface area contributed by atoms with Gasteiger partial charge in [0.05, 0.1) is 17.6 Å². The first-order chi connectivity index (χ1) is 25.7. The number of aliphatic hydroxyl groups excluding tert-OH is 1. The lowest BCUT2D eigenvalue weighted by Gasteiger charge is -2.29. The van der Waals surface area contributed by atoms with Gasteiger partial charge in [0.15, 0.2) is 11.4 Å². The summed E-state index contributed by atoms with van der Waals surface area (Å²) in [5, 5.41) is 34.3. The van der Waals surface area contributed by atoms with Gasteiger partial charge in [0, 0.05) is 67.4 Å². The van der Waals surface area contributed by atoms with E-state index in [1.807, 2.05) is 61.5 Å². The third kappa shape index (κ3) is 6.45. The normalized spacial score (nSPS) is 18.8. The number of anilines is 3. The molecule has 3 aromatic carbocycles. The number of hydrogen-bond donors (Lipinski definition) is 3. The number of hydrogen-bond acceptors (Lipinski definition) is 10. The summed E-state index contributed by atoms with van der Waals surface area (Å²) in [7, 11) is 1.89. The monoisotopic (exact) mass is 707 g/mol. The van der Waals surface area contributed by atoms with Crippen molar-refractivity contribution in [2.45, 2.75) is 58.2 Å². The first kappa shape index (κ1) is 34.3. The summed E-state index contributed by atoms with van der Waals surface area (Å²) in [4.78, 5) is 30.5. The molecule has 1 unspecified atom stereocenters. The van der Waals surface area contributed by atoms with Gasteiger partial charge < -0.3 is 24.8 Å². The Labute approximate surface area is 307 Å². The molecule has 0 amide bonds. The van der Waals surface area contributed by atoms with Gasteiger partial charge >= 0.3 is 5.97 Å². The number of aromatic nitrogens is 3. The number of nitrogens with zero attached hydrogens (tertiary/aromatic N) is 6. The van der Waals surface area contributed by atoms with Crippen LogP contribution in [0.4, 0.5) is 17.2 Å². The third-order valence-corrected chi connectivity index (χ3v) is 11.0. The van der Waals surface area contributed by atoms with E-state index in [1.165, 1.54) is 0 Å². The van der Waals surface area contributed by atoms with Crippen LogP contribution >= 0.6 is 0 Å². The van der Waals surface area contributed by atoms with Gasteiger partial charge in [0.1, 0.15) is 17.1 Å². The molecule has 3 atom stereocenters. The zero-order chi connectivity index (χ0) is 36.8. The number of benzene rings is 3. The smallest absolute Gasteiger partial charge is 0.308 e. The molecule has 11 nitrogen and oxygen atoms in total. The highest BCUT2D eigenvalue weighted by molar-refractivity contribution is 5.92. The number of pyridine rings is 2. The van der Waals surface area contributed by atoms with Gasteiger partial charge in [0.25, 0.3) is 0 Å². The highest BCUT2D eigenvalue weighted by atomic mass is 16.4. The van der Waals surface area contributed by atoms with Crippen molar-refractivity contribution in [2.24, 2.45) is 5.92 Å². The molecular formula is C42H41N7O4. The Morgan fingerprint density at radius 3 is 2.60 bits per heavy atom. The van der Waals surface area contributed by atoms with Gasteiger partial charge in [-0.15, -0.1) is 0 Å². The Bertz CT molecular complexity index is 2420. The fourth-order valence-corrected chi connectivity index (χ4v) is 8.15. The van der Waals surface area contributed by atoms with E-state index in [1.54, 1.807) is 12.3 Å². The fourth-order valence-electron chi connectivity index (χ4n) is 8.15. The number of fused-ring (bicyclic) bond motifs is 2. The fraction of sp³-hybridized carbons (Fsp3) is 0.310. The number of likely N-dealkylation sites (tertiary alicyclic amines) is 1. The van der Waals surface area contributed by atoms with Crippen LogP contribution in [0, 0.1) is 31.1 Å². The molecular weight excluding hydrogens is 667 g/mol. The number of β-amino-alcohol motifs (C(OH)–C–C–N with tert-alkyl or cyclic N) is 1. The molecule has 2 aliphatic rings. The topological polar surface area (TPSA) is 152 Å². The highest BCUT2D eigenvalue weighted by Gasteiger charge is 2.36. The average molecular weight is 708 g/mol. The molecule has 3 N–H and O–H groups in total. The summed E-state index contributed by atoms with van der Waals surface area (Å²) in [6.07, 6.45) is 6.52. The van der Waals surface area contributed by atoms with Crippen molar-refractivity contribution in [3.63, 3.8) is 0 Å². The zero-order valence-electron chi connectivity index (χ0n) is 30.0. The molecule has 1 aliphatic carbocycles. The van der Waals surface area contributed by atoms with Crippen LogP contribution in [0.25, 0.3) is 44.6 Å². The van der Waals surface area contributed by atoms with Crippen molar-refractivity contribution < 1.29 is 19.4 Å². The molecule has 2 fully saturated rings. The molecule has 0 bridgehead atoms. The number of nitrogens with one attached hydrogen (secondary N) is 1. The molecule has 4 heterocycles. The van der Waals surface area contributed by atoms with E-state index in [-0.39, 0.29) is 12.1 Å². The SMILES string of the molecule is Cc1c(Nc2nccc3cc(CN4CCC(O)C4)cnc23)cccc1-c1cccc(-c2nc3cc(N(C)[C@H]4CCC[C@H]4C(=O)O)cc(C#N)c3o2)c1C. The minimum absolute atomic E-state index is 0.156. The lowest BCUT2D eigenvalue weighted by molar-refractivity contribution is -0.141. The average Bonchev–Trinajstić information content (AvgIpc) is 3.92. The second-order valence-corrected chi connectivity index (χ2v) is 14.4. The molecule has 1 aliphatic heterocycles. The van der Waals surface area contributed by atoms with E-state index in [0.29, 0.717) is 41.3 Å². The predicted octanol–water partition coefficient (Wildman–Crippen LogP) is 7.59. The molecule has 0 radical (unpaired) electrons. The van der Waals surface area contributed by atoms with Gasteiger partial charge in [0.2, 0.25) is 5.89 Å². The molecule has 3 aromatic heterocycles. The summed E-state index contributed by atoms with van der Waals surface area (Å²) in [5.41, 5.74) is 9.76. The lowest BCUT2D eigenvalue weighted by Crippen LogP contribution is -2.38. The van der Waals surface area contributed by atoms with Gasteiger partial charge in [-0.25, -0.2) is 9.97 Å². The Morgan fingerprint density at radius 2 is 1.83 bits per heavy atom. The summed E-state index contributed by atoms with van der Waals surface area (Å²) in [5.74, 6) is -0.152. The van der Waals surface area contributed by atoms with E-state index in [4.69, 9.17) is 14.4 Å². The molecule has 268 valence electrons. The minimum Gasteiger partial charge on any atom is -0.481 e. The number of oxazole rings is 1. The summed E-state index contributed by atoms with van der Waals surface area (Å²) in [6, 6.07) is 22.1. The van der Waals surface area contributed by atoms with E-state index in [9.17, 15) is 20.3 Å². The number of carboxylic acid groups (broad SMARTS) is 1. The van der Waals surface area contributed by atoms with E-state index in [2.05, 4.69) is 46.4 Å². The van der Waals surface area contributed by atoms with Gasteiger partial charge in [-0.3, -0.25) is 14.7 Å². The van der Waals surface area contributed by atoms with Crippen molar-refractivity contribution in [1.29, 1.82) is 5.26 Å². The summed E-state index contributed by atoms with van der Waals surface area (Å²) < 4.78 is 6.30. The number of rotatable bonds is 9. The first-order valence-corrected chi connectivity index (χ1v) is 18.1. The van der Waals surface area contributed by atoms with Crippen LogP contribution in [0.2, 0.25) is 0 Å². The maximum absolute atomic E-state index is 11.9. The van der Waals surface area contributed by atoms with Crippen LogP contribution in [0.15, 0.2) is 77.5 Å². The molecule has 6 aromatic rings. The molecule has 53 heavy (non-hydrogen) atoms. The van der Waals surface area contributed by atoms with Gasteiger partial charge in [-0.2, -0.15) is 5.26 Å². The summed E-state index contributed by atoms with van der Waals surface area (Å²) >= 11 is 0. The second kappa shape index (κ2) is 14.0. The Hall–Kier alpha value is -5.83. The molecule has 0 spiro atoms. The molecule has 8 rings (SSSR count). The minimum atomic E-state index is -0.788. The van der Waals surface area contributed by atoms with Crippen molar-refractivity contribution in [2.75, 3.05) is 30.4 Å². The van der Waals surface area contributed by atoms with Crippen molar-refractivity contribution >= 4 is 45.2 Å². The van der Waals surface area contributed by atoms with E-state index >= 15 is 0 Å². The van der Waals surface area contributed by atoms with Crippen LogP contribution in [0.3, 0.4) is 0 Å². The number of carboxylic acids is 1. The van der Waals surface area contributed by atoms with E-state index < -0.39 is 11.9 Å². The second-order valence-electron chi connectivity index (χ2n) is 14.4. The number of aliphatic carboxylic acids is 1. The van der Waals surface area contributed by atoms with Crippen LogP contribution in [-0.4, -0.2) is 68.3 Å². The van der Waals surface area contributed by atoms with Crippen LogP contribution < -0.4 is 10.2 Å². The molecule has 1 saturated heterocycles. The van der Waals surface area contributed by atoms with Crippen LogP contribution in [-0.2, 0) is 11.3 Å². The highest BCUT2D eigenvalue weighted by Crippen LogP contribution is 2.39. The number of aliphatic hydroxyl groups is 1. The van der Waals surface area contributed by atoms with Gasteiger partial charge in [-0.05, 0) is 97.3 Å². The van der Waals surface area contributed by atoms with Crippen LogP contribution in [0.1, 0.15) is 47.9 Å². The lowest BCUT2D eigenvalue weighted by atomic mass is 9.93. The van der Waals surface area contributed by atoms with Crippen molar-refractivity contribution in [3.8, 4) is 28.7 Å². The zero-order valence-corrected chi connectivity index (χ0v) is 30.0. The predicted molar refractivity (Wildman–Crippen MR) is 205 cm³/mol. The number of carbonyl (C=O) groups is 1. The standard InChI is InChI=1S/C42H41N7O4/c1-24-31(7-4-9-33(24)41-47-36-19-29(18-28(20-43)39(36)53-41)48(3)37-12-6-10-34(37)42(51)52)32-8-5-11-35(25(32)2)46-40-38-27(13-15-44-40)17-26(21-45-38)22-49-16-14-30(50)23-49/h4-5,7-9,11,13,15,17-19,21,30,34,37,50H,6,10,12,14,16,22-23H2,1-3H3,(H,44,46)(H,51,52)/t30?,34-,37+/m1/s1. The van der Waals surface area contributed by atoms with Gasteiger partial charge in [-0.1, -0.05) is 30.7 Å². The number of nitriles is 1. The maximum atomic E-state index is 11.9. The largest absolute Gasteiger partial charge is 0.481 e. The Morgan fingerprint density at radius 1 is 1.04 bits per heavy atom. The maximum Gasteiger partial charge on any atom is 0.308 e.